The largest absolute Gasteiger partial charge is 0.272 e. The van der Waals surface area contributed by atoms with Gasteiger partial charge in [-0.15, -0.1) is 11.6 Å². The summed E-state index contributed by atoms with van der Waals surface area (Å²) in [6.07, 6.45) is 2.75. The molecule has 0 fully saturated rings. The summed E-state index contributed by atoms with van der Waals surface area (Å²) >= 11 is 7.86. The highest BCUT2D eigenvalue weighted by atomic mass is 127. The minimum absolute atomic E-state index is 0.662. The maximum absolute atomic E-state index is 5.59. The fraction of sp³-hybridized carbons (Fsp3) is 0.500. The van der Waals surface area contributed by atoms with Crippen molar-refractivity contribution in [1.82, 2.24) is 9.78 Å². The summed E-state index contributed by atoms with van der Waals surface area (Å²) in [6, 6.07) is 0. The van der Waals surface area contributed by atoms with E-state index < -0.39 is 0 Å². The molecule has 1 rings (SSSR count). The van der Waals surface area contributed by atoms with E-state index in [1.165, 1.54) is 9.26 Å². The summed E-state index contributed by atoms with van der Waals surface area (Å²) in [5.41, 5.74) is 1.22. The lowest BCUT2D eigenvalue weighted by atomic mass is 10.3. The van der Waals surface area contributed by atoms with E-state index in [0.29, 0.717) is 5.88 Å². The quantitative estimate of drug-likeness (QED) is 0.592. The van der Waals surface area contributed by atoms with Gasteiger partial charge in [-0.05, 0) is 22.6 Å². The number of aryl methyl sites for hydroxylation is 1. The molecule has 4 heteroatoms. The Morgan fingerprint density at radius 2 is 2.50 bits per heavy atom. The molecule has 0 amide bonds. The lowest BCUT2D eigenvalue weighted by Crippen LogP contribution is -1.99. The molecular formula is C6H8ClIN2. The first-order valence-corrected chi connectivity index (χ1v) is 4.59. The van der Waals surface area contributed by atoms with Gasteiger partial charge in [-0.1, -0.05) is 0 Å². The third-order valence-corrected chi connectivity index (χ3v) is 2.43. The molecule has 0 radical (unpaired) electrons. The Balaban J connectivity index is 2.87. The van der Waals surface area contributed by atoms with Crippen molar-refractivity contribution in [3.8, 4) is 0 Å². The van der Waals surface area contributed by atoms with Crippen molar-refractivity contribution < 1.29 is 0 Å². The first kappa shape index (κ1) is 8.33. The van der Waals surface area contributed by atoms with Crippen molar-refractivity contribution in [3.05, 3.63) is 15.5 Å². The van der Waals surface area contributed by atoms with Gasteiger partial charge in [-0.2, -0.15) is 5.10 Å². The van der Waals surface area contributed by atoms with Crippen LogP contribution in [0.4, 0.5) is 0 Å². The van der Waals surface area contributed by atoms with Gasteiger partial charge in [-0.3, -0.25) is 4.68 Å². The molecule has 2 nitrogen and oxygen atoms in total. The van der Waals surface area contributed by atoms with Crippen molar-refractivity contribution >= 4 is 34.2 Å². The number of nitrogens with zero attached hydrogens (tertiary/aromatic N) is 2. The Morgan fingerprint density at radius 1 is 1.80 bits per heavy atom. The molecule has 0 unspecified atom stereocenters. The zero-order valence-electron chi connectivity index (χ0n) is 5.64. The van der Waals surface area contributed by atoms with Crippen LogP contribution in [0.1, 0.15) is 5.69 Å². The molecule has 0 aliphatic rings. The van der Waals surface area contributed by atoms with E-state index in [4.69, 9.17) is 11.6 Å². The predicted octanol–water partition coefficient (Wildman–Crippen LogP) is 1.81. The summed E-state index contributed by atoms with van der Waals surface area (Å²) in [5, 5.41) is 4.09. The third-order valence-electron chi connectivity index (χ3n) is 1.34. The van der Waals surface area contributed by atoms with Crippen LogP contribution in [0.15, 0.2) is 6.20 Å². The van der Waals surface area contributed by atoms with E-state index in [-0.39, 0.29) is 0 Å². The van der Waals surface area contributed by atoms with E-state index >= 15 is 0 Å². The summed E-state index contributed by atoms with van der Waals surface area (Å²) in [6.45, 7) is 0. The molecular weight excluding hydrogens is 262 g/mol. The molecule has 56 valence electrons. The van der Waals surface area contributed by atoms with E-state index in [2.05, 4.69) is 27.7 Å². The van der Waals surface area contributed by atoms with E-state index in [9.17, 15) is 0 Å². The second-order valence-electron chi connectivity index (χ2n) is 2.00. The van der Waals surface area contributed by atoms with E-state index in [0.717, 1.165) is 6.42 Å². The van der Waals surface area contributed by atoms with Crippen LogP contribution < -0.4 is 0 Å². The molecule has 0 aliphatic carbocycles. The van der Waals surface area contributed by atoms with Gasteiger partial charge in [0.15, 0.2) is 0 Å². The Bertz CT molecular complexity index is 202. The number of rotatable bonds is 2. The lowest BCUT2D eigenvalue weighted by Gasteiger charge is -1.97. The van der Waals surface area contributed by atoms with Crippen LogP contribution >= 0.6 is 34.2 Å². The van der Waals surface area contributed by atoms with Crippen molar-refractivity contribution in [2.75, 3.05) is 5.88 Å². The highest BCUT2D eigenvalue weighted by Gasteiger charge is 2.03. The molecule has 1 aromatic rings. The standard InChI is InChI=1S/C6H8ClIN2/c1-10-6(2-3-7)5(8)4-9-10/h4H,2-3H2,1H3. The van der Waals surface area contributed by atoms with Crippen LogP contribution in [0.2, 0.25) is 0 Å². The Kier molecular flexibility index (Phi) is 2.97. The van der Waals surface area contributed by atoms with E-state index in [1.807, 2.05) is 17.9 Å². The minimum Gasteiger partial charge on any atom is -0.272 e. The highest BCUT2D eigenvalue weighted by Crippen LogP contribution is 2.10. The van der Waals surface area contributed by atoms with Gasteiger partial charge in [0, 0.05) is 19.3 Å². The van der Waals surface area contributed by atoms with E-state index in [1.54, 1.807) is 0 Å². The molecule has 1 aromatic heterocycles. The number of hydrogen-bond donors (Lipinski definition) is 0. The summed E-state index contributed by atoms with van der Waals surface area (Å²) in [7, 11) is 1.93. The van der Waals surface area contributed by atoms with Gasteiger partial charge >= 0.3 is 0 Å². The fourth-order valence-corrected chi connectivity index (χ4v) is 1.73. The molecule has 0 saturated heterocycles. The van der Waals surface area contributed by atoms with Gasteiger partial charge in [0.2, 0.25) is 0 Å². The predicted molar refractivity (Wildman–Crippen MR) is 50.3 cm³/mol. The van der Waals surface area contributed by atoms with Crippen LogP contribution in [-0.2, 0) is 13.5 Å². The Hall–Kier alpha value is 0.230. The van der Waals surface area contributed by atoms with Gasteiger partial charge in [0.05, 0.1) is 15.5 Å². The van der Waals surface area contributed by atoms with Crippen LogP contribution in [0.25, 0.3) is 0 Å². The fourth-order valence-electron chi connectivity index (χ4n) is 0.807. The molecule has 0 N–H and O–H groups in total. The first-order valence-electron chi connectivity index (χ1n) is 2.98. The van der Waals surface area contributed by atoms with Crippen LogP contribution in [0.3, 0.4) is 0 Å². The number of aromatic nitrogens is 2. The molecule has 10 heavy (non-hydrogen) atoms. The van der Waals surface area contributed by atoms with Crippen LogP contribution in [-0.4, -0.2) is 15.7 Å². The maximum atomic E-state index is 5.59. The summed E-state index contributed by atoms with van der Waals surface area (Å²) in [4.78, 5) is 0. The second kappa shape index (κ2) is 3.57. The van der Waals surface area contributed by atoms with Gasteiger partial charge < -0.3 is 0 Å². The zero-order chi connectivity index (χ0) is 7.56. The number of alkyl halides is 1. The maximum Gasteiger partial charge on any atom is 0.0626 e. The highest BCUT2D eigenvalue weighted by molar-refractivity contribution is 14.1. The average Bonchev–Trinajstić information content (AvgIpc) is 2.20. The smallest absolute Gasteiger partial charge is 0.0626 e. The minimum atomic E-state index is 0.662. The molecule has 0 bridgehead atoms. The topological polar surface area (TPSA) is 17.8 Å². The van der Waals surface area contributed by atoms with Crippen LogP contribution in [0, 0.1) is 3.57 Å². The van der Waals surface area contributed by atoms with Crippen LogP contribution in [0.5, 0.6) is 0 Å². The van der Waals surface area contributed by atoms with Crippen molar-refractivity contribution in [1.29, 1.82) is 0 Å². The Morgan fingerprint density at radius 3 is 2.90 bits per heavy atom. The number of halogens is 2. The molecule has 0 spiro atoms. The third kappa shape index (κ3) is 1.63. The van der Waals surface area contributed by atoms with Crippen molar-refractivity contribution in [3.63, 3.8) is 0 Å². The lowest BCUT2D eigenvalue weighted by molar-refractivity contribution is 0.718. The molecule has 0 aliphatic heterocycles. The molecule has 0 atom stereocenters. The van der Waals surface area contributed by atoms with Gasteiger partial charge in [0.1, 0.15) is 0 Å². The van der Waals surface area contributed by atoms with Gasteiger partial charge in [0.25, 0.3) is 0 Å². The molecule has 0 saturated carbocycles. The van der Waals surface area contributed by atoms with Crippen molar-refractivity contribution in [2.45, 2.75) is 6.42 Å². The molecule has 0 aromatic carbocycles. The summed E-state index contributed by atoms with van der Waals surface area (Å²) < 4.78 is 3.06. The zero-order valence-corrected chi connectivity index (χ0v) is 8.56. The monoisotopic (exact) mass is 270 g/mol. The van der Waals surface area contributed by atoms with Gasteiger partial charge in [-0.25, -0.2) is 0 Å². The van der Waals surface area contributed by atoms with Crippen molar-refractivity contribution in [2.24, 2.45) is 7.05 Å². The number of hydrogen-bond acceptors (Lipinski definition) is 1. The average molecular weight is 271 g/mol. The Labute approximate surface area is 78.7 Å². The molecule has 1 heterocycles. The SMILES string of the molecule is Cn1ncc(I)c1CCCl. The first-order chi connectivity index (χ1) is 4.75. The second-order valence-corrected chi connectivity index (χ2v) is 3.54. The summed E-state index contributed by atoms with van der Waals surface area (Å²) in [5.74, 6) is 0.662. The normalized spacial score (nSPS) is 10.3.